The molecule has 0 aliphatic heterocycles. The molecule has 0 heterocycles. The molecule has 0 radical (unpaired) electrons. The van der Waals surface area contributed by atoms with E-state index in [0.717, 1.165) is 32.1 Å². The van der Waals surface area contributed by atoms with E-state index in [2.05, 4.69) is 4.74 Å². The average Bonchev–Trinajstić information content (AvgIpc) is 2.29. The lowest BCUT2D eigenvalue weighted by Gasteiger charge is -2.24. The van der Waals surface area contributed by atoms with E-state index < -0.39 is 21.1 Å². The highest BCUT2D eigenvalue weighted by atomic mass is 32.2. The minimum absolute atomic E-state index is 0.0324. The summed E-state index contributed by atoms with van der Waals surface area (Å²) in [6.45, 7) is 1.60. The largest absolute Gasteiger partial charge is 0.469 e. The third-order valence-electron chi connectivity index (χ3n) is 3.26. The molecule has 94 valence electrons. The monoisotopic (exact) mass is 248 g/mol. The first-order chi connectivity index (χ1) is 7.48. The molecule has 1 saturated carbocycles. The van der Waals surface area contributed by atoms with Crippen LogP contribution in [0.2, 0.25) is 0 Å². The number of sulfone groups is 1. The van der Waals surface area contributed by atoms with Crippen LogP contribution < -0.4 is 0 Å². The highest BCUT2D eigenvalue weighted by molar-refractivity contribution is 7.92. The number of carbonyl (C=O) groups excluding carboxylic acids is 1. The van der Waals surface area contributed by atoms with Crippen molar-refractivity contribution in [1.82, 2.24) is 0 Å². The molecule has 0 aromatic carbocycles. The highest BCUT2D eigenvalue weighted by Gasteiger charge is 2.33. The Morgan fingerprint density at radius 3 is 2.38 bits per heavy atom. The Bertz CT molecular complexity index is 328. The molecular weight excluding hydrogens is 228 g/mol. The normalized spacial score (nSPS) is 20.4. The van der Waals surface area contributed by atoms with Crippen molar-refractivity contribution in [2.45, 2.75) is 55.9 Å². The number of esters is 1. The molecule has 1 atom stereocenters. The molecular formula is C11H20O4S. The van der Waals surface area contributed by atoms with Crippen molar-refractivity contribution in [2.24, 2.45) is 0 Å². The fourth-order valence-electron chi connectivity index (χ4n) is 2.16. The lowest BCUT2D eigenvalue weighted by Crippen LogP contribution is -2.33. The third kappa shape index (κ3) is 3.20. The van der Waals surface area contributed by atoms with Gasteiger partial charge in [0, 0.05) is 0 Å². The summed E-state index contributed by atoms with van der Waals surface area (Å²) < 4.78 is 28.8. The summed E-state index contributed by atoms with van der Waals surface area (Å²) in [5.74, 6) is -0.452. The van der Waals surface area contributed by atoms with Crippen molar-refractivity contribution in [3.63, 3.8) is 0 Å². The van der Waals surface area contributed by atoms with Gasteiger partial charge in [0.05, 0.1) is 24.0 Å². The predicted octanol–water partition coefficient (Wildman–Crippen LogP) is 1.69. The maximum absolute atomic E-state index is 12.1. The van der Waals surface area contributed by atoms with Crippen molar-refractivity contribution in [3.05, 3.63) is 0 Å². The van der Waals surface area contributed by atoms with Crippen LogP contribution in [-0.2, 0) is 19.4 Å². The SMILES string of the molecule is COC(=O)CC(C)S(=O)(=O)C1CCCCC1. The molecule has 16 heavy (non-hydrogen) atoms. The molecule has 0 spiro atoms. The first-order valence-corrected chi connectivity index (χ1v) is 7.39. The molecule has 1 unspecified atom stereocenters. The van der Waals surface area contributed by atoms with Crippen molar-refractivity contribution in [3.8, 4) is 0 Å². The number of rotatable bonds is 4. The molecule has 0 aromatic rings. The third-order valence-corrected chi connectivity index (χ3v) is 5.95. The highest BCUT2D eigenvalue weighted by Crippen LogP contribution is 2.27. The van der Waals surface area contributed by atoms with Crippen LogP contribution in [0.4, 0.5) is 0 Å². The van der Waals surface area contributed by atoms with Crippen LogP contribution in [-0.4, -0.2) is 32.0 Å². The minimum Gasteiger partial charge on any atom is -0.469 e. The maximum atomic E-state index is 12.1. The molecule has 0 bridgehead atoms. The van der Waals surface area contributed by atoms with Gasteiger partial charge in [0.1, 0.15) is 0 Å². The Kier molecular flexibility index (Phi) is 4.77. The topological polar surface area (TPSA) is 60.4 Å². The van der Waals surface area contributed by atoms with Gasteiger partial charge in [-0.05, 0) is 19.8 Å². The zero-order valence-corrected chi connectivity index (χ0v) is 10.8. The summed E-state index contributed by atoms with van der Waals surface area (Å²) in [7, 11) is -1.89. The molecule has 1 aliphatic rings. The van der Waals surface area contributed by atoms with Crippen molar-refractivity contribution >= 4 is 15.8 Å². The number of methoxy groups -OCH3 is 1. The number of ether oxygens (including phenoxy) is 1. The van der Waals surface area contributed by atoms with Gasteiger partial charge in [-0.1, -0.05) is 19.3 Å². The molecule has 0 amide bonds. The van der Waals surface area contributed by atoms with Crippen molar-refractivity contribution in [1.29, 1.82) is 0 Å². The van der Waals surface area contributed by atoms with E-state index in [1.807, 2.05) is 0 Å². The summed E-state index contributed by atoms with van der Waals surface area (Å²) in [5.41, 5.74) is 0. The molecule has 5 heteroatoms. The number of hydrogen-bond acceptors (Lipinski definition) is 4. The van der Waals surface area contributed by atoms with Gasteiger partial charge in [0.2, 0.25) is 0 Å². The van der Waals surface area contributed by atoms with Crippen LogP contribution in [0.5, 0.6) is 0 Å². The zero-order valence-electron chi connectivity index (χ0n) is 9.94. The second-order valence-corrected chi connectivity index (χ2v) is 7.09. The second kappa shape index (κ2) is 5.66. The van der Waals surface area contributed by atoms with E-state index in [1.165, 1.54) is 7.11 Å². The Hall–Kier alpha value is -0.580. The smallest absolute Gasteiger partial charge is 0.306 e. The Morgan fingerprint density at radius 1 is 1.31 bits per heavy atom. The summed E-state index contributed by atoms with van der Waals surface area (Å²) >= 11 is 0. The van der Waals surface area contributed by atoms with E-state index in [1.54, 1.807) is 6.92 Å². The van der Waals surface area contributed by atoms with Gasteiger partial charge in [-0.15, -0.1) is 0 Å². The van der Waals surface area contributed by atoms with Crippen LogP contribution in [0.3, 0.4) is 0 Å². The van der Waals surface area contributed by atoms with E-state index in [9.17, 15) is 13.2 Å². The average molecular weight is 248 g/mol. The molecule has 1 fully saturated rings. The van der Waals surface area contributed by atoms with Crippen LogP contribution in [0.1, 0.15) is 45.4 Å². The standard InChI is InChI=1S/C11H20O4S/c1-9(8-11(12)15-2)16(13,14)10-6-4-3-5-7-10/h9-10H,3-8H2,1-2H3. The van der Waals surface area contributed by atoms with Gasteiger partial charge in [0.25, 0.3) is 0 Å². The van der Waals surface area contributed by atoms with Gasteiger partial charge in [-0.2, -0.15) is 0 Å². The Morgan fingerprint density at radius 2 is 1.88 bits per heavy atom. The molecule has 0 aromatic heterocycles. The van der Waals surface area contributed by atoms with Crippen molar-refractivity contribution < 1.29 is 17.9 Å². The summed E-state index contributed by atoms with van der Waals surface area (Å²) in [6.07, 6.45) is 4.54. The van der Waals surface area contributed by atoms with Gasteiger partial charge in [-0.25, -0.2) is 8.42 Å². The van der Waals surface area contributed by atoms with E-state index >= 15 is 0 Å². The molecule has 1 aliphatic carbocycles. The summed E-state index contributed by atoms with van der Waals surface area (Å²) in [4.78, 5) is 11.1. The fraction of sp³-hybridized carbons (Fsp3) is 0.909. The predicted molar refractivity (Wildman–Crippen MR) is 61.9 cm³/mol. The van der Waals surface area contributed by atoms with E-state index in [-0.39, 0.29) is 11.7 Å². The summed E-state index contributed by atoms with van der Waals surface area (Å²) in [5, 5.41) is -0.871. The Balaban J connectivity index is 2.64. The van der Waals surface area contributed by atoms with Gasteiger partial charge < -0.3 is 4.74 Å². The zero-order chi connectivity index (χ0) is 12.2. The lowest BCUT2D eigenvalue weighted by atomic mass is 10.0. The quantitative estimate of drug-likeness (QED) is 0.710. The summed E-state index contributed by atoms with van der Waals surface area (Å²) in [6, 6.07) is 0. The first kappa shape index (κ1) is 13.5. The van der Waals surface area contributed by atoms with Crippen LogP contribution in [0, 0.1) is 0 Å². The number of hydrogen-bond donors (Lipinski definition) is 0. The van der Waals surface area contributed by atoms with Crippen LogP contribution in [0.15, 0.2) is 0 Å². The van der Waals surface area contributed by atoms with Crippen LogP contribution in [0.25, 0.3) is 0 Å². The minimum atomic E-state index is -3.17. The van der Waals surface area contributed by atoms with Crippen LogP contribution >= 0.6 is 0 Å². The number of carbonyl (C=O) groups is 1. The lowest BCUT2D eigenvalue weighted by molar-refractivity contribution is -0.140. The molecule has 0 saturated heterocycles. The fourth-order valence-corrected chi connectivity index (χ4v) is 4.17. The first-order valence-electron chi connectivity index (χ1n) is 5.78. The Labute approximate surface area is 97.3 Å². The van der Waals surface area contributed by atoms with Crippen molar-refractivity contribution in [2.75, 3.05) is 7.11 Å². The molecule has 1 rings (SSSR count). The van der Waals surface area contributed by atoms with Gasteiger partial charge >= 0.3 is 5.97 Å². The maximum Gasteiger partial charge on any atom is 0.306 e. The molecule has 4 nitrogen and oxygen atoms in total. The molecule has 0 N–H and O–H groups in total. The van der Waals surface area contributed by atoms with Gasteiger partial charge in [0.15, 0.2) is 9.84 Å². The van der Waals surface area contributed by atoms with E-state index in [0.29, 0.717) is 0 Å². The van der Waals surface area contributed by atoms with E-state index in [4.69, 9.17) is 0 Å². The second-order valence-electron chi connectivity index (χ2n) is 4.44. The van der Waals surface area contributed by atoms with Gasteiger partial charge in [-0.3, -0.25) is 4.79 Å².